The first kappa shape index (κ1) is 102. The van der Waals surface area contributed by atoms with Crippen LogP contribution < -0.4 is 0 Å². The van der Waals surface area contributed by atoms with E-state index in [0.29, 0.717) is 32.1 Å². The first-order chi connectivity index (χ1) is 52.7. The monoisotopic (exact) mass is 1540 g/mol. The lowest BCUT2D eigenvalue weighted by atomic mass is 10.1. The second-order valence-corrected chi connectivity index (χ2v) is 29.2. The third-order valence-corrected chi connectivity index (χ3v) is 18.0. The topological polar surface area (TPSA) is 237 Å². The number of carbonyl (C=O) groups excluding carboxylic acids is 4. The molecule has 0 heterocycles. The molecular formula is C89H142O17P2. The van der Waals surface area contributed by atoms with E-state index >= 15 is 0 Å². The quantitative estimate of drug-likeness (QED) is 0.0169. The molecule has 0 aromatic heterocycles. The van der Waals surface area contributed by atoms with Crippen molar-refractivity contribution in [1.29, 1.82) is 0 Å². The summed E-state index contributed by atoms with van der Waals surface area (Å²) in [6.45, 7) is 4.34. The van der Waals surface area contributed by atoms with E-state index in [9.17, 15) is 43.2 Å². The number of phosphoric ester groups is 2. The molecular weight excluding hydrogens is 1400 g/mol. The molecule has 3 N–H and O–H groups in total. The van der Waals surface area contributed by atoms with E-state index in [0.717, 1.165) is 161 Å². The van der Waals surface area contributed by atoms with Crippen molar-refractivity contribution in [3.8, 4) is 0 Å². The maximum absolute atomic E-state index is 13.1. The van der Waals surface area contributed by atoms with E-state index in [4.69, 9.17) is 37.0 Å². The number of hydrogen-bond donors (Lipinski definition) is 3. The van der Waals surface area contributed by atoms with Gasteiger partial charge in [-0.3, -0.25) is 37.3 Å². The van der Waals surface area contributed by atoms with Crippen molar-refractivity contribution in [2.75, 3.05) is 39.6 Å². The fourth-order valence-corrected chi connectivity index (χ4v) is 11.5. The molecule has 0 saturated carbocycles. The predicted molar refractivity (Wildman–Crippen MR) is 445 cm³/mol. The highest BCUT2D eigenvalue weighted by Gasteiger charge is 2.30. The van der Waals surface area contributed by atoms with Gasteiger partial charge in [0, 0.05) is 19.3 Å². The number of unbranched alkanes of at least 4 members (excludes halogenated alkanes) is 17. The molecule has 17 nitrogen and oxygen atoms in total. The van der Waals surface area contributed by atoms with Crippen LogP contribution in [0, 0.1) is 0 Å². The van der Waals surface area contributed by atoms with Gasteiger partial charge in [-0.1, -0.05) is 293 Å². The van der Waals surface area contributed by atoms with Crippen molar-refractivity contribution < 1.29 is 80.2 Å². The molecule has 0 rings (SSSR count). The number of allylic oxidation sites excluding steroid dienone is 31. The number of phosphoric acid groups is 2. The Morgan fingerprint density at radius 1 is 0.278 bits per heavy atom. The highest BCUT2D eigenvalue weighted by molar-refractivity contribution is 7.47. The van der Waals surface area contributed by atoms with Crippen LogP contribution in [0.15, 0.2) is 194 Å². The summed E-state index contributed by atoms with van der Waals surface area (Å²) in [5.41, 5.74) is 0. The van der Waals surface area contributed by atoms with Gasteiger partial charge in [-0.2, -0.15) is 0 Å². The SMILES string of the molecule is CC/C=C\C/C=C\C/C=C\C/C=C\C/C=C\C/C=C\CCC(=O)OCC(COP(=O)(O)OCC(O)COP(=O)(O)OCC(COC(=O)C/C=C\C/C=C\C/C=C\C/C=C\C/C=C\CC)OC(=O)CCCCCCC/C=C\C/C=C\CCCCC)OC(=O)CCCCCCCC/C=C\C/C=C\C/C=C\CCCCC. The molecule has 0 radical (unpaired) electrons. The van der Waals surface area contributed by atoms with Gasteiger partial charge in [0.25, 0.3) is 0 Å². The van der Waals surface area contributed by atoms with E-state index in [1.54, 1.807) is 6.08 Å². The standard InChI is InChI=1S/C89H142O17P2/c1-5-9-13-17-21-25-29-33-37-39-41-43-47-50-54-58-62-66-70-74-87(92)100-80-85(106-89(94)76-72-68-64-60-56-52-48-44-42-40-38-34-30-26-22-18-14-10-6-2)82-104-108(97,98)102-78-83(90)77-101-107(95,96)103-81-84(105-88(93)75-71-67-63-59-55-51-46-36-32-28-24-20-16-12-8-4)79-99-86(91)73-69-65-61-57-53-49-45-35-31-27-23-19-15-11-7-3/h9,11,13,15,21-28,33-38,41-46,50,53-54,57,62,65-66,69,83-85,90H,5-8,10,12,14,16-20,29-32,39-40,47-49,51-52,55-56,58-61,63-64,67-68,70-82H2,1-4H3,(H,95,96)(H,97,98)/b13-9-,15-11-,25-21-,26-22-,27-23-,28-24-,37-33-,38-34-,43-41-,44-42-,45-35-,46-36-,54-50-,57-53-,66-62-,69-65-. The van der Waals surface area contributed by atoms with E-state index in [-0.39, 0.29) is 25.7 Å². The summed E-state index contributed by atoms with van der Waals surface area (Å²) in [5.74, 6) is -2.47. The van der Waals surface area contributed by atoms with Gasteiger partial charge >= 0.3 is 39.5 Å². The fraction of sp³-hybridized carbons (Fsp3) is 0.596. The molecule has 0 aromatic rings. The van der Waals surface area contributed by atoms with Crippen molar-refractivity contribution in [1.82, 2.24) is 0 Å². The summed E-state index contributed by atoms with van der Waals surface area (Å²) in [6, 6.07) is 0. The van der Waals surface area contributed by atoms with Gasteiger partial charge in [-0.05, 0) is 161 Å². The van der Waals surface area contributed by atoms with Crippen molar-refractivity contribution >= 4 is 39.5 Å². The Labute approximate surface area is 653 Å². The number of carbonyl (C=O) groups is 4. The minimum atomic E-state index is -5.02. The average Bonchev–Trinajstić information content (AvgIpc) is 0.896. The maximum Gasteiger partial charge on any atom is 0.472 e. The molecule has 0 aliphatic heterocycles. The first-order valence-electron chi connectivity index (χ1n) is 40.7. The molecule has 0 fully saturated rings. The van der Waals surface area contributed by atoms with E-state index in [1.807, 2.05) is 36.5 Å². The van der Waals surface area contributed by atoms with Crippen LogP contribution in [0.3, 0.4) is 0 Å². The van der Waals surface area contributed by atoms with Gasteiger partial charge in [-0.15, -0.1) is 0 Å². The summed E-state index contributed by atoms with van der Waals surface area (Å²) in [7, 11) is -10.0. The van der Waals surface area contributed by atoms with Gasteiger partial charge < -0.3 is 33.8 Å². The molecule has 610 valence electrons. The van der Waals surface area contributed by atoms with Gasteiger partial charge in [0.15, 0.2) is 12.2 Å². The van der Waals surface area contributed by atoms with Crippen molar-refractivity contribution in [3.05, 3.63) is 194 Å². The predicted octanol–water partition coefficient (Wildman–Crippen LogP) is 24.1. The third kappa shape index (κ3) is 78.0. The van der Waals surface area contributed by atoms with Crippen LogP contribution in [0.5, 0.6) is 0 Å². The largest absolute Gasteiger partial charge is 0.472 e. The summed E-state index contributed by atoms with van der Waals surface area (Å²) >= 11 is 0. The van der Waals surface area contributed by atoms with E-state index in [2.05, 4.69) is 180 Å². The Hall–Kier alpha value is -6.10. The van der Waals surface area contributed by atoms with Crippen molar-refractivity contribution in [2.45, 2.75) is 303 Å². The van der Waals surface area contributed by atoms with Gasteiger partial charge in [0.05, 0.1) is 32.8 Å². The molecule has 19 heteroatoms. The lowest BCUT2D eigenvalue weighted by Gasteiger charge is -2.21. The Morgan fingerprint density at radius 3 is 0.861 bits per heavy atom. The minimum absolute atomic E-state index is 0.0235. The molecule has 0 aromatic carbocycles. The molecule has 0 bridgehead atoms. The number of aliphatic hydroxyl groups excluding tert-OH is 1. The zero-order chi connectivity index (χ0) is 78.9. The van der Waals surface area contributed by atoms with E-state index < -0.39 is 97.5 Å². The smallest absolute Gasteiger partial charge is 0.462 e. The number of aliphatic hydroxyl groups is 1. The van der Waals surface area contributed by atoms with E-state index in [1.165, 1.54) is 38.5 Å². The summed E-state index contributed by atoms with van der Waals surface area (Å²) in [6.07, 6.45) is 97.3. The summed E-state index contributed by atoms with van der Waals surface area (Å²) in [4.78, 5) is 73.0. The molecule has 0 aliphatic carbocycles. The van der Waals surface area contributed by atoms with Crippen LogP contribution in [0.25, 0.3) is 0 Å². The minimum Gasteiger partial charge on any atom is -0.462 e. The third-order valence-electron chi connectivity index (χ3n) is 16.1. The zero-order valence-corrected chi connectivity index (χ0v) is 68.5. The second kappa shape index (κ2) is 79.0. The lowest BCUT2D eigenvalue weighted by molar-refractivity contribution is -0.161. The molecule has 108 heavy (non-hydrogen) atoms. The van der Waals surface area contributed by atoms with Crippen LogP contribution >= 0.6 is 15.6 Å². The highest BCUT2D eigenvalue weighted by Crippen LogP contribution is 2.45. The number of hydrogen-bond acceptors (Lipinski definition) is 15. The van der Waals surface area contributed by atoms with Crippen molar-refractivity contribution in [3.63, 3.8) is 0 Å². The maximum atomic E-state index is 13.1. The van der Waals surface area contributed by atoms with Crippen molar-refractivity contribution in [2.24, 2.45) is 0 Å². The Balaban J connectivity index is 5.55. The number of rotatable bonds is 74. The Kier molecular flexibility index (Phi) is 74.5. The molecule has 5 atom stereocenters. The molecule has 0 aliphatic rings. The van der Waals surface area contributed by atoms with Gasteiger partial charge in [0.2, 0.25) is 0 Å². The summed E-state index contributed by atoms with van der Waals surface area (Å²) < 4.78 is 68.4. The van der Waals surface area contributed by atoms with Gasteiger partial charge in [-0.25, -0.2) is 9.13 Å². The van der Waals surface area contributed by atoms with Crippen LogP contribution in [0.2, 0.25) is 0 Å². The van der Waals surface area contributed by atoms with Crippen LogP contribution in [-0.4, -0.2) is 96.7 Å². The first-order valence-corrected chi connectivity index (χ1v) is 43.7. The Bertz CT molecular complexity index is 2810. The van der Waals surface area contributed by atoms with Gasteiger partial charge in [0.1, 0.15) is 19.3 Å². The lowest BCUT2D eigenvalue weighted by Crippen LogP contribution is -2.30. The highest BCUT2D eigenvalue weighted by atomic mass is 31.2. The number of ether oxygens (including phenoxy) is 4. The Morgan fingerprint density at radius 2 is 0.537 bits per heavy atom. The molecule has 5 unspecified atom stereocenters. The summed E-state index contributed by atoms with van der Waals surface area (Å²) in [5, 5.41) is 10.7. The number of esters is 4. The zero-order valence-electron chi connectivity index (χ0n) is 66.7. The fourth-order valence-electron chi connectivity index (χ4n) is 9.94. The molecule has 0 saturated heterocycles. The van der Waals surface area contributed by atoms with Crippen LogP contribution in [-0.2, 0) is 65.4 Å². The van der Waals surface area contributed by atoms with Crippen LogP contribution in [0.4, 0.5) is 0 Å². The second-order valence-electron chi connectivity index (χ2n) is 26.3. The normalized spacial score (nSPS) is 14.8. The average molecular weight is 1550 g/mol. The molecule has 0 amide bonds. The molecule has 0 spiro atoms. The van der Waals surface area contributed by atoms with Crippen LogP contribution in [0.1, 0.15) is 285 Å².